The first-order valence-electron chi connectivity index (χ1n) is 14.3. The summed E-state index contributed by atoms with van der Waals surface area (Å²) in [6.45, 7) is 4.11. The summed E-state index contributed by atoms with van der Waals surface area (Å²) in [7, 11) is 1.67. The van der Waals surface area contributed by atoms with Gasteiger partial charge in [-0.1, -0.05) is 145 Å². The van der Waals surface area contributed by atoms with Gasteiger partial charge in [-0.3, -0.25) is 4.79 Å². The van der Waals surface area contributed by atoms with Gasteiger partial charge in [0.15, 0.2) is 0 Å². The predicted molar refractivity (Wildman–Crippen MR) is 152 cm³/mol. The van der Waals surface area contributed by atoms with E-state index in [1.165, 1.54) is 108 Å². The van der Waals surface area contributed by atoms with Crippen molar-refractivity contribution in [2.75, 3.05) is 26.0 Å². The molecule has 0 aliphatic heterocycles. The summed E-state index contributed by atoms with van der Waals surface area (Å²) in [6.07, 6.45) is 21.8. The predicted octanol–water partition coefficient (Wildman–Crippen LogP) is 8.92. The number of ether oxygens (including phenoxy) is 2. The monoisotopic (exact) mass is 507 g/mol. The van der Waals surface area contributed by atoms with Gasteiger partial charge in [-0.15, -0.1) is 0 Å². The van der Waals surface area contributed by atoms with Crippen molar-refractivity contribution in [3.05, 3.63) is 35.9 Å². The molecule has 1 N–H and O–H groups in total. The highest BCUT2D eigenvalue weighted by molar-refractivity contribution is 8.13. The number of rotatable bonds is 24. The summed E-state index contributed by atoms with van der Waals surface area (Å²) in [5.41, 5.74) is 1.14. The van der Waals surface area contributed by atoms with E-state index >= 15 is 0 Å². The normalized spacial score (nSPS) is 12.1. The van der Waals surface area contributed by atoms with E-state index in [1.807, 2.05) is 30.3 Å². The van der Waals surface area contributed by atoms with E-state index in [9.17, 15) is 4.79 Å². The molecule has 1 rings (SSSR count). The minimum atomic E-state index is -0.0787. The second kappa shape index (κ2) is 24.6. The van der Waals surface area contributed by atoms with Gasteiger partial charge in [0.05, 0.1) is 19.3 Å². The highest BCUT2D eigenvalue weighted by Gasteiger charge is 2.11. The van der Waals surface area contributed by atoms with E-state index in [2.05, 4.69) is 12.2 Å². The van der Waals surface area contributed by atoms with Gasteiger partial charge in [-0.05, 0) is 12.0 Å². The number of carbonyl (C=O) groups is 1. The van der Waals surface area contributed by atoms with Crippen molar-refractivity contribution in [3.8, 4) is 0 Å². The molecule has 1 unspecified atom stereocenters. The zero-order valence-electron chi connectivity index (χ0n) is 22.7. The maximum atomic E-state index is 12.1. The first-order chi connectivity index (χ1) is 17.3. The van der Waals surface area contributed by atoms with Crippen LogP contribution in [0, 0.1) is 0 Å². The topological polar surface area (TPSA) is 47.6 Å². The minimum Gasteiger partial charge on any atom is -0.378 e. The van der Waals surface area contributed by atoms with Crippen LogP contribution in [0.2, 0.25) is 0 Å². The van der Waals surface area contributed by atoms with Crippen LogP contribution in [0.3, 0.4) is 0 Å². The molecule has 0 spiro atoms. The fraction of sp³-hybridized carbons (Fsp3) is 0.767. The molecule has 0 fully saturated rings. The zero-order valence-corrected chi connectivity index (χ0v) is 23.6. The van der Waals surface area contributed by atoms with Gasteiger partial charge in [-0.25, -0.2) is 0 Å². The van der Waals surface area contributed by atoms with Crippen molar-refractivity contribution in [2.24, 2.45) is 0 Å². The number of amides is 1. The first kappa shape index (κ1) is 32.0. The average molecular weight is 508 g/mol. The second-order valence-electron chi connectivity index (χ2n) is 9.69. The lowest BCUT2D eigenvalue weighted by Gasteiger charge is -2.15. The number of unbranched alkanes of at least 4 members (excludes halogenated alkanes) is 15. The molecule has 0 heterocycles. The van der Waals surface area contributed by atoms with E-state index in [4.69, 9.17) is 9.47 Å². The van der Waals surface area contributed by atoms with Crippen molar-refractivity contribution >= 4 is 17.0 Å². The quantitative estimate of drug-likeness (QED) is 0.142. The van der Waals surface area contributed by atoms with Crippen molar-refractivity contribution < 1.29 is 14.3 Å². The molecule has 35 heavy (non-hydrogen) atoms. The number of hydrogen-bond donors (Lipinski definition) is 1. The molecule has 1 amide bonds. The van der Waals surface area contributed by atoms with Gasteiger partial charge in [0.25, 0.3) is 5.24 Å². The number of methoxy groups -OCH3 is 1. The van der Waals surface area contributed by atoms with E-state index < -0.39 is 0 Å². The van der Waals surface area contributed by atoms with Gasteiger partial charge < -0.3 is 14.8 Å². The molecule has 202 valence electrons. The molecule has 1 atom stereocenters. The standard InChI is InChI=1S/C30H53NO3S/c1-3-4-5-6-7-8-9-10-11-12-13-14-15-16-17-21-24-31-30(32)35-27-29(33-2)26-34-25-28-22-19-18-20-23-28/h18-20,22-23,29H,3-17,21,24-27H2,1-2H3,(H,31,32). The van der Waals surface area contributed by atoms with Gasteiger partial charge in [0.2, 0.25) is 0 Å². The first-order valence-corrected chi connectivity index (χ1v) is 15.3. The van der Waals surface area contributed by atoms with Crippen LogP contribution in [0.1, 0.15) is 115 Å². The summed E-state index contributed by atoms with van der Waals surface area (Å²) in [5, 5.41) is 3.06. The molecule has 5 heteroatoms. The van der Waals surface area contributed by atoms with Crippen molar-refractivity contribution in [2.45, 2.75) is 122 Å². The zero-order chi connectivity index (χ0) is 25.2. The highest BCUT2D eigenvalue weighted by Crippen LogP contribution is 2.14. The molecule has 0 saturated heterocycles. The minimum absolute atomic E-state index is 0.0380. The van der Waals surface area contributed by atoms with Crippen LogP contribution >= 0.6 is 11.8 Å². The van der Waals surface area contributed by atoms with Crippen LogP contribution in [-0.2, 0) is 16.1 Å². The smallest absolute Gasteiger partial charge is 0.279 e. The fourth-order valence-electron chi connectivity index (χ4n) is 4.15. The lowest BCUT2D eigenvalue weighted by molar-refractivity contribution is 0.0142. The SMILES string of the molecule is CCCCCCCCCCCCCCCCCCNC(=O)SCC(COCc1ccccc1)OC. The van der Waals surface area contributed by atoms with Crippen molar-refractivity contribution in [1.29, 1.82) is 0 Å². The largest absolute Gasteiger partial charge is 0.378 e. The average Bonchev–Trinajstić information content (AvgIpc) is 2.88. The van der Waals surface area contributed by atoms with Crippen molar-refractivity contribution in [1.82, 2.24) is 5.32 Å². The van der Waals surface area contributed by atoms with Gasteiger partial charge in [-0.2, -0.15) is 0 Å². The second-order valence-corrected chi connectivity index (χ2v) is 10.7. The van der Waals surface area contributed by atoms with Crippen molar-refractivity contribution in [3.63, 3.8) is 0 Å². The molecule has 0 aliphatic rings. The Morgan fingerprint density at radius 2 is 1.31 bits per heavy atom. The van der Waals surface area contributed by atoms with Crippen LogP contribution in [0.5, 0.6) is 0 Å². The van der Waals surface area contributed by atoms with Crippen LogP contribution < -0.4 is 5.32 Å². The third-order valence-electron chi connectivity index (χ3n) is 6.45. The van der Waals surface area contributed by atoms with Crippen LogP contribution in [0.4, 0.5) is 4.79 Å². The Hall–Kier alpha value is -1.04. The fourth-order valence-corrected chi connectivity index (χ4v) is 4.92. The van der Waals surface area contributed by atoms with Crippen LogP contribution in [0.25, 0.3) is 0 Å². The Morgan fingerprint density at radius 1 is 0.800 bits per heavy atom. The third-order valence-corrected chi connectivity index (χ3v) is 7.39. The van der Waals surface area contributed by atoms with E-state index in [-0.39, 0.29) is 11.3 Å². The molecule has 1 aromatic carbocycles. The summed E-state index contributed by atoms with van der Waals surface area (Å²) in [4.78, 5) is 12.1. The molecule has 4 nitrogen and oxygen atoms in total. The summed E-state index contributed by atoms with van der Waals surface area (Å²) >= 11 is 1.29. The Morgan fingerprint density at radius 3 is 1.83 bits per heavy atom. The molecule has 1 aromatic rings. The van der Waals surface area contributed by atoms with Gasteiger partial charge >= 0.3 is 0 Å². The molecule has 0 aliphatic carbocycles. The Kier molecular flexibility index (Phi) is 22.5. The van der Waals surface area contributed by atoms with Gasteiger partial charge in [0, 0.05) is 19.4 Å². The van der Waals surface area contributed by atoms with E-state index in [0.29, 0.717) is 19.0 Å². The summed E-state index contributed by atoms with van der Waals surface area (Å²) in [5.74, 6) is 0.607. The molecule has 0 saturated carbocycles. The molecular weight excluding hydrogens is 454 g/mol. The molecular formula is C30H53NO3S. The number of thioether (sulfide) groups is 1. The lowest BCUT2D eigenvalue weighted by atomic mass is 10.0. The van der Waals surface area contributed by atoms with E-state index in [0.717, 1.165) is 18.5 Å². The number of hydrogen-bond acceptors (Lipinski definition) is 4. The highest BCUT2D eigenvalue weighted by atomic mass is 32.2. The third kappa shape index (κ3) is 20.8. The Balaban J connectivity index is 1.83. The molecule has 0 aromatic heterocycles. The molecule has 0 radical (unpaired) electrons. The molecule has 0 bridgehead atoms. The Labute approximate surface area is 220 Å². The maximum Gasteiger partial charge on any atom is 0.279 e. The number of benzene rings is 1. The number of carbonyl (C=O) groups excluding carboxylic acids is 1. The Bertz CT molecular complexity index is 584. The number of nitrogens with one attached hydrogen (secondary N) is 1. The van der Waals surface area contributed by atoms with Crippen LogP contribution in [-0.4, -0.2) is 37.4 Å². The summed E-state index contributed by atoms with van der Waals surface area (Å²) in [6, 6.07) is 10.1. The van der Waals surface area contributed by atoms with Gasteiger partial charge in [0.1, 0.15) is 0 Å². The van der Waals surface area contributed by atoms with E-state index in [1.54, 1.807) is 7.11 Å². The summed E-state index contributed by atoms with van der Waals surface area (Å²) < 4.78 is 11.2. The maximum absolute atomic E-state index is 12.1. The van der Waals surface area contributed by atoms with Crippen LogP contribution in [0.15, 0.2) is 30.3 Å². The lowest BCUT2D eigenvalue weighted by Crippen LogP contribution is -2.25.